The third-order valence-electron chi connectivity index (χ3n) is 2.37. The maximum Gasteiger partial charge on any atom is 0.335 e. The fourth-order valence-corrected chi connectivity index (χ4v) is 2.92. The fraction of sp³-hybridized carbons (Fsp3) is 0.250. The van der Waals surface area contributed by atoms with Gasteiger partial charge in [-0.15, -0.1) is 6.58 Å². The van der Waals surface area contributed by atoms with E-state index in [0.717, 1.165) is 0 Å². The Hall–Kier alpha value is -1.62. The largest absolute Gasteiger partial charge is 0.478 e. The van der Waals surface area contributed by atoms with Crippen LogP contribution in [-0.2, 0) is 16.3 Å². The highest BCUT2D eigenvalue weighted by Crippen LogP contribution is 2.20. The number of hydrogen-bond acceptors (Lipinski definition) is 3. The SMILES string of the molecule is C=CCS(=O)(=O)c1cc(C(=O)O)ccc1CC. The quantitative estimate of drug-likeness (QED) is 0.815. The number of benzene rings is 1. The lowest BCUT2D eigenvalue weighted by molar-refractivity contribution is 0.0696. The number of hydrogen-bond donors (Lipinski definition) is 1. The Morgan fingerprint density at radius 1 is 1.47 bits per heavy atom. The van der Waals surface area contributed by atoms with E-state index in [-0.39, 0.29) is 16.2 Å². The molecule has 0 spiro atoms. The van der Waals surface area contributed by atoms with Crippen LogP contribution in [-0.4, -0.2) is 25.2 Å². The van der Waals surface area contributed by atoms with Crippen LogP contribution >= 0.6 is 0 Å². The van der Waals surface area contributed by atoms with E-state index in [9.17, 15) is 13.2 Å². The molecule has 0 unspecified atom stereocenters. The predicted octanol–water partition coefficient (Wildman–Crippen LogP) is 1.91. The van der Waals surface area contributed by atoms with E-state index in [2.05, 4.69) is 6.58 Å². The summed E-state index contributed by atoms with van der Waals surface area (Å²) >= 11 is 0. The Labute approximate surface area is 101 Å². The summed E-state index contributed by atoms with van der Waals surface area (Å²) in [4.78, 5) is 10.9. The van der Waals surface area contributed by atoms with Crippen molar-refractivity contribution in [1.82, 2.24) is 0 Å². The van der Waals surface area contributed by atoms with Gasteiger partial charge in [0.2, 0.25) is 0 Å². The predicted molar refractivity (Wildman–Crippen MR) is 65.0 cm³/mol. The van der Waals surface area contributed by atoms with E-state index in [1.165, 1.54) is 18.2 Å². The molecule has 4 nitrogen and oxygen atoms in total. The molecule has 0 atom stereocenters. The number of aromatic carboxylic acids is 1. The van der Waals surface area contributed by atoms with Crippen molar-refractivity contribution in [1.29, 1.82) is 0 Å². The Balaban J connectivity index is 3.43. The van der Waals surface area contributed by atoms with Crippen molar-refractivity contribution < 1.29 is 18.3 Å². The highest BCUT2D eigenvalue weighted by molar-refractivity contribution is 7.91. The van der Waals surface area contributed by atoms with Crippen molar-refractivity contribution >= 4 is 15.8 Å². The van der Waals surface area contributed by atoms with Crippen molar-refractivity contribution in [2.75, 3.05) is 5.75 Å². The molecule has 0 aliphatic rings. The van der Waals surface area contributed by atoms with Crippen LogP contribution in [0.1, 0.15) is 22.8 Å². The summed E-state index contributed by atoms with van der Waals surface area (Å²) in [7, 11) is -3.49. The van der Waals surface area contributed by atoms with Crippen LogP contribution in [0.3, 0.4) is 0 Å². The topological polar surface area (TPSA) is 71.4 Å². The Kier molecular flexibility index (Phi) is 4.07. The third kappa shape index (κ3) is 2.94. The van der Waals surface area contributed by atoms with Crippen LogP contribution in [0.25, 0.3) is 0 Å². The average Bonchev–Trinajstić information content (AvgIpc) is 2.28. The van der Waals surface area contributed by atoms with Gasteiger partial charge in [0.1, 0.15) is 0 Å². The van der Waals surface area contributed by atoms with E-state index < -0.39 is 15.8 Å². The molecule has 0 radical (unpaired) electrons. The van der Waals surface area contributed by atoms with Crippen LogP contribution in [0.15, 0.2) is 35.7 Å². The highest BCUT2D eigenvalue weighted by Gasteiger charge is 2.18. The number of carboxylic acid groups (broad SMARTS) is 1. The summed E-state index contributed by atoms with van der Waals surface area (Å²) in [5, 5.41) is 8.85. The number of sulfone groups is 1. The van der Waals surface area contributed by atoms with Crippen molar-refractivity contribution in [2.24, 2.45) is 0 Å². The Morgan fingerprint density at radius 2 is 2.12 bits per heavy atom. The minimum Gasteiger partial charge on any atom is -0.478 e. The van der Waals surface area contributed by atoms with Crippen molar-refractivity contribution in [3.05, 3.63) is 42.0 Å². The first-order valence-corrected chi connectivity index (χ1v) is 6.77. The van der Waals surface area contributed by atoms with Gasteiger partial charge in [-0.1, -0.05) is 19.1 Å². The van der Waals surface area contributed by atoms with Gasteiger partial charge in [0, 0.05) is 0 Å². The molecule has 0 heterocycles. The van der Waals surface area contributed by atoms with Crippen molar-refractivity contribution in [3.8, 4) is 0 Å². The van der Waals surface area contributed by atoms with Gasteiger partial charge in [-0.2, -0.15) is 0 Å². The Bertz CT molecular complexity index is 544. The standard InChI is InChI=1S/C12H14O4S/c1-3-7-17(15,16)11-8-10(12(13)14)6-5-9(11)4-2/h3,5-6,8H,1,4,7H2,2H3,(H,13,14). The molecule has 1 aromatic rings. The van der Waals surface area contributed by atoms with E-state index in [1.807, 2.05) is 6.92 Å². The van der Waals surface area contributed by atoms with E-state index >= 15 is 0 Å². The molecule has 92 valence electrons. The summed E-state index contributed by atoms with van der Waals surface area (Å²) in [6.45, 7) is 5.21. The van der Waals surface area contributed by atoms with Gasteiger partial charge >= 0.3 is 5.97 Å². The molecule has 0 aromatic heterocycles. The van der Waals surface area contributed by atoms with Gasteiger partial charge < -0.3 is 5.11 Å². The van der Waals surface area contributed by atoms with Gasteiger partial charge in [0.15, 0.2) is 9.84 Å². The van der Waals surface area contributed by atoms with Gasteiger partial charge in [-0.3, -0.25) is 0 Å². The van der Waals surface area contributed by atoms with Crippen LogP contribution in [0.5, 0.6) is 0 Å². The first kappa shape index (κ1) is 13.4. The number of aryl methyl sites for hydroxylation is 1. The number of rotatable bonds is 5. The maximum atomic E-state index is 11.9. The van der Waals surface area contributed by atoms with E-state index in [1.54, 1.807) is 6.07 Å². The van der Waals surface area contributed by atoms with E-state index in [4.69, 9.17) is 5.11 Å². The first-order valence-electron chi connectivity index (χ1n) is 5.12. The van der Waals surface area contributed by atoms with Crippen LogP contribution in [0.4, 0.5) is 0 Å². The molecule has 1 rings (SSSR count). The molecule has 0 saturated heterocycles. The summed E-state index contributed by atoms with van der Waals surface area (Å²) in [5.41, 5.74) is 0.599. The van der Waals surface area contributed by atoms with Crippen LogP contribution in [0.2, 0.25) is 0 Å². The van der Waals surface area contributed by atoms with Crippen molar-refractivity contribution in [3.63, 3.8) is 0 Å². The number of carbonyl (C=O) groups is 1. The highest BCUT2D eigenvalue weighted by atomic mass is 32.2. The lowest BCUT2D eigenvalue weighted by Gasteiger charge is -2.08. The molecule has 5 heteroatoms. The smallest absolute Gasteiger partial charge is 0.335 e. The molecule has 0 aliphatic carbocycles. The van der Waals surface area contributed by atoms with E-state index in [0.29, 0.717) is 12.0 Å². The third-order valence-corrected chi connectivity index (χ3v) is 4.09. The molecule has 0 bridgehead atoms. The zero-order valence-corrected chi connectivity index (χ0v) is 10.3. The minimum atomic E-state index is -3.49. The summed E-state index contributed by atoms with van der Waals surface area (Å²) in [6.07, 6.45) is 1.83. The molecule has 0 fully saturated rings. The minimum absolute atomic E-state index is 0.0233. The normalized spacial score (nSPS) is 11.1. The summed E-state index contributed by atoms with van der Waals surface area (Å²) in [5.74, 6) is -1.33. The zero-order valence-electron chi connectivity index (χ0n) is 9.51. The second-order valence-electron chi connectivity index (χ2n) is 3.55. The van der Waals surface area contributed by atoms with Gasteiger partial charge in [0.05, 0.1) is 16.2 Å². The molecular formula is C12H14O4S. The average molecular weight is 254 g/mol. The van der Waals surface area contributed by atoms with Crippen molar-refractivity contribution in [2.45, 2.75) is 18.2 Å². The zero-order chi connectivity index (χ0) is 13.1. The maximum absolute atomic E-state index is 11.9. The molecule has 1 aromatic carbocycles. The van der Waals surface area contributed by atoms with Crippen LogP contribution < -0.4 is 0 Å². The van der Waals surface area contributed by atoms with Crippen LogP contribution in [0, 0.1) is 0 Å². The lowest BCUT2D eigenvalue weighted by atomic mass is 10.1. The summed E-state index contributed by atoms with van der Waals surface area (Å²) in [6, 6.07) is 4.16. The number of carboxylic acids is 1. The second-order valence-corrected chi connectivity index (χ2v) is 5.55. The molecule has 0 amide bonds. The molecule has 0 aliphatic heterocycles. The molecular weight excluding hydrogens is 240 g/mol. The Morgan fingerprint density at radius 3 is 2.59 bits per heavy atom. The first-order chi connectivity index (χ1) is 7.92. The monoisotopic (exact) mass is 254 g/mol. The lowest BCUT2D eigenvalue weighted by Crippen LogP contribution is -2.09. The van der Waals surface area contributed by atoms with Gasteiger partial charge in [-0.05, 0) is 24.1 Å². The summed E-state index contributed by atoms with van der Waals surface area (Å²) < 4.78 is 23.8. The second kappa shape index (κ2) is 5.14. The van der Waals surface area contributed by atoms with Gasteiger partial charge in [0.25, 0.3) is 0 Å². The van der Waals surface area contributed by atoms with Gasteiger partial charge in [-0.25, -0.2) is 13.2 Å². The molecule has 0 saturated carbocycles. The molecule has 17 heavy (non-hydrogen) atoms. The fourth-order valence-electron chi connectivity index (χ4n) is 1.51. The molecule has 1 N–H and O–H groups in total.